The summed E-state index contributed by atoms with van der Waals surface area (Å²) in [4.78, 5) is 5.51. The van der Waals surface area contributed by atoms with Crippen LogP contribution in [-0.4, -0.2) is 35.0 Å². The predicted octanol–water partition coefficient (Wildman–Crippen LogP) is 2.75. The largest absolute Gasteiger partial charge is 0.386 e. The van der Waals surface area contributed by atoms with E-state index in [1.165, 1.54) is 0 Å². The molecule has 0 saturated heterocycles. The molecule has 8 heteroatoms. The summed E-state index contributed by atoms with van der Waals surface area (Å²) in [7, 11) is -3.35. The molecule has 0 amide bonds. The van der Waals surface area contributed by atoms with Crippen molar-refractivity contribution in [2.75, 3.05) is 5.75 Å². The third-order valence-corrected chi connectivity index (χ3v) is 9.54. The number of rotatable bonds is 1. The average molecular weight is 411 g/mol. The number of nitrogens with two attached hydrogens (primary N) is 1. The zero-order chi connectivity index (χ0) is 19.7. The maximum atomic E-state index is 12.9. The second-order valence-corrected chi connectivity index (χ2v) is 11.0. The smallest absolute Gasteiger partial charge is 0.165 e. The van der Waals surface area contributed by atoms with Gasteiger partial charge in [0.25, 0.3) is 0 Å². The Morgan fingerprint density at radius 3 is 2.64 bits per heavy atom. The van der Waals surface area contributed by atoms with Crippen molar-refractivity contribution in [3.63, 3.8) is 0 Å². The summed E-state index contributed by atoms with van der Waals surface area (Å²) in [6, 6.07) is 7.87. The van der Waals surface area contributed by atoms with Crippen LogP contribution in [0, 0.1) is 11.8 Å². The molecule has 2 aromatic heterocycles. The first-order valence-corrected chi connectivity index (χ1v) is 11.5. The molecule has 2 aliphatic rings. The first kappa shape index (κ1) is 17.6. The molecule has 2 N–H and O–H groups in total. The molecule has 1 saturated carbocycles. The predicted molar refractivity (Wildman–Crippen MR) is 112 cm³/mol. The van der Waals surface area contributed by atoms with Crippen LogP contribution >= 0.6 is 11.3 Å². The van der Waals surface area contributed by atoms with Crippen molar-refractivity contribution < 1.29 is 8.42 Å². The van der Waals surface area contributed by atoms with Crippen molar-refractivity contribution in [3.8, 4) is 11.8 Å². The van der Waals surface area contributed by atoms with Crippen molar-refractivity contribution in [1.82, 2.24) is 10.2 Å². The molecule has 1 aliphatic heterocycles. The lowest BCUT2D eigenvalue weighted by Gasteiger charge is -2.34. The van der Waals surface area contributed by atoms with E-state index in [-0.39, 0.29) is 11.6 Å². The fourth-order valence-corrected chi connectivity index (χ4v) is 7.32. The molecule has 142 valence electrons. The van der Waals surface area contributed by atoms with Crippen molar-refractivity contribution in [3.05, 3.63) is 35.5 Å². The Labute approximate surface area is 166 Å². The van der Waals surface area contributed by atoms with Gasteiger partial charge in [0.15, 0.2) is 9.84 Å². The number of hydrogen-bond acceptors (Lipinski definition) is 7. The van der Waals surface area contributed by atoms with Gasteiger partial charge in [0.1, 0.15) is 21.1 Å². The maximum absolute atomic E-state index is 12.9. The summed E-state index contributed by atoms with van der Waals surface area (Å²) in [5, 5.41) is 10.4. The van der Waals surface area contributed by atoms with Gasteiger partial charge in [-0.25, -0.2) is 8.42 Å². The molecule has 6 nitrogen and oxygen atoms in total. The number of hydrogen-bond donors (Lipinski definition) is 1. The summed E-state index contributed by atoms with van der Waals surface area (Å²) in [5.41, 5.74) is 6.69. The molecule has 1 aromatic carbocycles. The topological polar surface area (TPSA) is 98.3 Å². The van der Waals surface area contributed by atoms with Crippen LogP contribution in [0.25, 0.3) is 20.3 Å². The van der Waals surface area contributed by atoms with E-state index in [4.69, 9.17) is 5.73 Å². The van der Waals surface area contributed by atoms with E-state index in [9.17, 15) is 8.42 Å². The standard InChI is InChI=1S/C20H18N4O2S2/c1-3-4-13-10-15-14-9-12(5-6-16(14)27-17(15)24-23-13)19(2)11-28(25,26)20(7-8-20)18(21)22-19/h5-6,9-10H,7-8,11H2,1-2H3,(H2,21,22)/t19-/m0/s1. The van der Waals surface area contributed by atoms with Gasteiger partial charge in [0.2, 0.25) is 0 Å². The number of benzene rings is 1. The van der Waals surface area contributed by atoms with Crippen LogP contribution in [0.5, 0.6) is 0 Å². The third-order valence-electron chi connectivity index (χ3n) is 5.72. The van der Waals surface area contributed by atoms with Gasteiger partial charge in [-0.15, -0.1) is 21.5 Å². The SMILES string of the molecule is CC#Cc1cc2c(nn1)sc1ccc([C@]3(C)CS(=O)(=O)C4(CC4)C(N)=N3)cc12. The van der Waals surface area contributed by atoms with Crippen LogP contribution < -0.4 is 5.73 Å². The molecule has 3 heterocycles. The Morgan fingerprint density at radius 1 is 1.18 bits per heavy atom. The van der Waals surface area contributed by atoms with E-state index in [0.717, 1.165) is 25.9 Å². The van der Waals surface area contributed by atoms with Crippen LogP contribution in [0.1, 0.15) is 37.9 Å². The van der Waals surface area contributed by atoms with Crippen molar-refractivity contribution in [1.29, 1.82) is 0 Å². The molecule has 0 bridgehead atoms. The number of aliphatic imine (C=N–C) groups is 1. The van der Waals surface area contributed by atoms with E-state index in [2.05, 4.69) is 27.0 Å². The highest BCUT2D eigenvalue weighted by Gasteiger charge is 2.62. The van der Waals surface area contributed by atoms with E-state index in [0.29, 0.717) is 18.5 Å². The van der Waals surface area contributed by atoms with E-state index >= 15 is 0 Å². The first-order chi connectivity index (χ1) is 13.3. The number of sulfone groups is 1. The normalized spacial score (nSPS) is 24.7. The number of fused-ring (bicyclic) bond motifs is 3. The minimum atomic E-state index is -3.35. The van der Waals surface area contributed by atoms with Crippen LogP contribution in [-0.2, 0) is 15.4 Å². The second-order valence-electron chi connectivity index (χ2n) is 7.66. The molecule has 1 aliphatic carbocycles. The number of thiophene rings is 1. The van der Waals surface area contributed by atoms with Gasteiger partial charge in [0, 0.05) is 15.5 Å². The first-order valence-electron chi connectivity index (χ1n) is 8.99. The Hall–Kier alpha value is -2.50. The number of aromatic nitrogens is 2. The molecule has 0 unspecified atom stereocenters. The van der Waals surface area contributed by atoms with Gasteiger partial charge in [0.05, 0.1) is 11.3 Å². The Balaban J connectivity index is 1.71. The van der Waals surface area contributed by atoms with Crippen LogP contribution in [0.2, 0.25) is 0 Å². The van der Waals surface area contributed by atoms with Crippen molar-refractivity contribution >= 4 is 47.3 Å². The van der Waals surface area contributed by atoms with Gasteiger partial charge in [-0.2, -0.15) is 0 Å². The molecule has 3 aromatic rings. The quantitative estimate of drug-likeness (QED) is 0.622. The zero-order valence-electron chi connectivity index (χ0n) is 15.5. The fourth-order valence-electron chi connectivity index (χ4n) is 4.00. The summed E-state index contributed by atoms with van der Waals surface area (Å²) >= 11 is 1.55. The lowest BCUT2D eigenvalue weighted by molar-refractivity contribution is 0.513. The van der Waals surface area contributed by atoms with Crippen LogP contribution in [0.3, 0.4) is 0 Å². The molecule has 28 heavy (non-hydrogen) atoms. The highest BCUT2D eigenvalue weighted by Crippen LogP contribution is 2.50. The Bertz CT molecular complexity index is 1360. The summed E-state index contributed by atoms with van der Waals surface area (Å²) in [6.45, 7) is 3.60. The van der Waals surface area contributed by atoms with Crippen LogP contribution in [0.15, 0.2) is 29.3 Å². The minimum absolute atomic E-state index is 0.0271. The Morgan fingerprint density at radius 2 is 1.96 bits per heavy atom. The van der Waals surface area contributed by atoms with Gasteiger partial charge >= 0.3 is 0 Å². The molecular formula is C20H18N4O2S2. The highest BCUT2D eigenvalue weighted by molar-refractivity contribution is 7.94. The number of nitrogens with zero attached hydrogens (tertiary/aromatic N) is 3. The molecule has 0 radical (unpaired) electrons. The summed E-state index contributed by atoms with van der Waals surface area (Å²) < 4.78 is 26.0. The van der Waals surface area contributed by atoms with Gasteiger partial charge < -0.3 is 5.73 Å². The van der Waals surface area contributed by atoms with E-state index in [1.807, 2.05) is 31.2 Å². The molecule has 1 atom stereocenters. The zero-order valence-corrected chi connectivity index (χ0v) is 17.1. The number of amidine groups is 1. The molecule has 5 rings (SSSR count). The lowest BCUT2D eigenvalue weighted by Crippen LogP contribution is -2.50. The minimum Gasteiger partial charge on any atom is -0.386 e. The monoisotopic (exact) mass is 410 g/mol. The molecule has 1 fully saturated rings. The summed E-state index contributed by atoms with van der Waals surface area (Å²) in [5.74, 6) is 6.00. The highest BCUT2D eigenvalue weighted by atomic mass is 32.2. The summed E-state index contributed by atoms with van der Waals surface area (Å²) in [6.07, 6.45) is 1.16. The lowest BCUT2D eigenvalue weighted by atomic mass is 9.93. The van der Waals surface area contributed by atoms with Gasteiger partial charge in [-0.3, -0.25) is 4.99 Å². The fraction of sp³-hybridized carbons (Fsp3) is 0.350. The maximum Gasteiger partial charge on any atom is 0.165 e. The van der Waals surface area contributed by atoms with Crippen molar-refractivity contribution in [2.45, 2.75) is 37.0 Å². The Kier molecular flexibility index (Phi) is 3.47. The van der Waals surface area contributed by atoms with Crippen LogP contribution in [0.4, 0.5) is 0 Å². The third kappa shape index (κ3) is 2.33. The van der Waals surface area contributed by atoms with Crippen molar-refractivity contribution in [2.24, 2.45) is 10.7 Å². The molecule has 1 spiro atoms. The van der Waals surface area contributed by atoms with E-state index in [1.54, 1.807) is 18.3 Å². The van der Waals surface area contributed by atoms with Gasteiger partial charge in [-0.1, -0.05) is 12.0 Å². The second kappa shape index (κ2) is 5.52. The molecular weight excluding hydrogens is 392 g/mol. The average Bonchev–Trinajstić information content (AvgIpc) is 3.38. The van der Waals surface area contributed by atoms with Gasteiger partial charge in [-0.05, 0) is 56.4 Å². The van der Waals surface area contributed by atoms with E-state index < -0.39 is 20.1 Å².